The smallest absolute Gasteiger partial charge is 0.329 e. The van der Waals surface area contributed by atoms with Gasteiger partial charge >= 0.3 is 35.8 Å². The second kappa shape index (κ2) is 33.2. The van der Waals surface area contributed by atoms with Gasteiger partial charge in [0.25, 0.3) is 35.4 Å². The highest BCUT2D eigenvalue weighted by atomic mass is 16.6. The third-order valence-corrected chi connectivity index (χ3v) is 12.0. The zero-order valence-corrected chi connectivity index (χ0v) is 49.7. The molecule has 0 aromatic carbocycles. The molecule has 1 unspecified atom stereocenters. The quantitative estimate of drug-likeness (QED) is 0.0416. The van der Waals surface area contributed by atoms with E-state index in [-0.39, 0.29) is 12.3 Å². The first-order valence-corrected chi connectivity index (χ1v) is 26.8. The summed E-state index contributed by atoms with van der Waals surface area (Å²) in [6.45, 7) is 33.0. The Hall–Kier alpha value is -6.36. The van der Waals surface area contributed by atoms with E-state index in [1.165, 1.54) is 20.8 Å². The number of carbonyl (C=O) groups is 12. The fourth-order valence-corrected chi connectivity index (χ4v) is 7.11. The van der Waals surface area contributed by atoms with Crippen LogP contribution in [0.1, 0.15) is 152 Å². The number of rotatable bonds is 32. The number of nitrogens with one attached hydrogen (secondary N) is 5. The molecule has 6 amide bonds. The fourth-order valence-electron chi connectivity index (χ4n) is 7.11. The third kappa shape index (κ3) is 23.7. The van der Waals surface area contributed by atoms with Gasteiger partial charge in [-0.1, -0.05) is 125 Å². The van der Waals surface area contributed by atoms with Crippen LogP contribution in [0.15, 0.2) is 0 Å². The average molecular weight is 1110 g/mol. The standard InChI is InChI=1S/C54H92N6O18/c1-23(2)22-35(61)73-32(19)45(63)56-39(27(9)10)53(71)77-42(30(15)16)48(66)59-37(25(5)6)51(69)75-34(21)47(65)58-40(28(11)12)54(72)78-43(31(17)18)49(67)60-36(24(3)4)50(68)74-33(20)46(64)57-38(26(7)8)52(70)76-41(29(13)14)44(55)62/h23-34,36-43H,22H2,1-21H3,(H2,55,62)(H,56,63)(H,57,64)(H,58,65)(H,59,66)(H,60,67)/t32-,33+,34-,36?,37-,38+,39+,40-,41-,42-,43-/m0/s1. The van der Waals surface area contributed by atoms with Crippen LogP contribution in [0.2, 0.25) is 0 Å². The summed E-state index contributed by atoms with van der Waals surface area (Å²) < 4.78 is 32.7. The van der Waals surface area contributed by atoms with Crippen molar-refractivity contribution in [3.05, 3.63) is 0 Å². The van der Waals surface area contributed by atoms with Gasteiger partial charge in [-0.15, -0.1) is 0 Å². The molecule has 446 valence electrons. The van der Waals surface area contributed by atoms with E-state index in [1.54, 1.807) is 111 Å². The summed E-state index contributed by atoms with van der Waals surface area (Å²) in [5.41, 5.74) is 5.38. The van der Waals surface area contributed by atoms with E-state index < -0.39 is 185 Å². The van der Waals surface area contributed by atoms with Crippen LogP contribution in [0.3, 0.4) is 0 Å². The molecule has 0 heterocycles. The number of esters is 6. The SMILES string of the molecule is CC(C)CC(=O)O[C@@H](C)C(=O)N[C@@H](C(=O)O[C@H](C(=O)N[C@H](C(=O)O[C@@H](C)C(=O)N[C@H](C(=O)O[C@H](C(=O)NC(C(=O)O[C@H](C)C(=O)N[C@@H](C(=O)O[C@H](C(N)=O)C(C)C)C(C)C)C(C)C)C(C)C)C(C)C)C(C)C)C(C)C)C(C)C. The topological polar surface area (TPSA) is 346 Å². The average Bonchev–Trinajstić information content (AvgIpc) is 3.30. The second-order valence-corrected chi connectivity index (χ2v) is 22.7. The lowest BCUT2D eigenvalue weighted by Crippen LogP contribution is -2.55. The molecule has 0 aliphatic carbocycles. The van der Waals surface area contributed by atoms with Crippen LogP contribution >= 0.6 is 0 Å². The van der Waals surface area contributed by atoms with Gasteiger partial charge in [-0.2, -0.15) is 0 Å². The number of ether oxygens (including phenoxy) is 6. The molecule has 0 aromatic rings. The van der Waals surface area contributed by atoms with Gasteiger partial charge in [0.2, 0.25) is 0 Å². The zero-order chi connectivity index (χ0) is 61.0. The Balaban J connectivity index is 6.06. The molecule has 0 fully saturated rings. The summed E-state index contributed by atoms with van der Waals surface area (Å²) in [5, 5.41) is 12.6. The normalized spacial score (nSPS) is 15.9. The van der Waals surface area contributed by atoms with Gasteiger partial charge in [0, 0.05) is 6.42 Å². The molecule has 0 saturated heterocycles. The maximum atomic E-state index is 13.8. The van der Waals surface area contributed by atoms with E-state index in [4.69, 9.17) is 34.2 Å². The summed E-state index contributed by atoms with van der Waals surface area (Å²) in [7, 11) is 0. The lowest BCUT2D eigenvalue weighted by Gasteiger charge is -2.30. The molecule has 0 rings (SSSR count). The summed E-state index contributed by atoms with van der Waals surface area (Å²) in [4.78, 5) is 159. The van der Waals surface area contributed by atoms with Gasteiger partial charge in [0.1, 0.15) is 30.2 Å². The monoisotopic (exact) mass is 1110 g/mol. The summed E-state index contributed by atoms with van der Waals surface area (Å²) in [5.74, 6) is -15.6. The first kappa shape index (κ1) is 71.6. The number of amides is 6. The van der Waals surface area contributed by atoms with Crippen molar-refractivity contribution in [3.8, 4) is 0 Å². The second-order valence-electron chi connectivity index (χ2n) is 22.7. The highest BCUT2D eigenvalue weighted by Crippen LogP contribution is 2.18. The minimum atomic E-state index is -1.55. The first-order chi connectivity index (χ1) is 35.8. The number of carbonyl (C=O) groups excluding carboxylic acids is 12. The van der Waals surface area contributed by atoms with Gasteiger partial charge in [0.15, 0.2) is 36.6 Å². The van der Waals surface area contributed by atoms with Crippen molar-refractivity contribution >= 4 is 71.3 Å². The first-order valence-electron chi connectivity index (χ1n) is 26.8. The molecular weight excluding hydrogens is 1020 g/mol. The molecule has 7 N–H and O–H groups in total. The highest BCUT2D eigenvalue weighted by molar-refractivity contribution is 5.95. The minimum absolute atomic E-state index is 0.0105. The van der Waals surface area contributed by atoms with Crippen LogP contribution in [0.4, 0.5) is 0 Å². The Labute approximate surface area is 460 Å². The maximum Gasteiger partial charge on any atom is 0.329 e. The van der Waals surface area contributed by atoms with Crippen LogP contribution in [0, 0.1) is 53.3 Å². The van der Waals surface area contributed by atoms with E-state index in [1.807, 2.05) is 13.8 Å². The maximum absolute atomic E-state index is 13.8. The molecule has 78 heavy (non-hydrogen) atoms. The van der Waals surface area contributed by atoms with E-state index in [2.05, 4.69) is 26.6 Å². The number of hydrogen-bond acceptors (Lipinski definition) is 18. The molecule has 0 spiro atoms. The predicted molar refractivity (Wildman–Crippen MR) is 283 cm³/mol. The number of nitrogens with two attached hydrogens (primary N) is 1. The molecule has 0 aliphatic rings. The number of primary amides is 1. The molecule has 24 heteroatoms. The largest absolute Gasteiger partial charge is 0.453 e. The van der Waals surface area contributed by atoms with Gasteiger partial charge in [0.05, 0.1) is 0 Å². The van der Waals surface area contributed by atoms with Crippen molar-refractivity contribution in [2.24, 2.45) is 59.0 Å². The van der Waals surface area contributed by atoms with Crippen LogP contribution in [0.25, 0.3) is 0 Å². The predicted octanol–water partition coefficient (Wildman–Crippen LogP) is 2.72. The molecule has 0 bridgehead atoms. The highest BCUT2D eigenvalue weighted by Gasteiger charge is 2.40. The molecule has 0 saturated carbocycles. The minimum Gasteiger partial charge on any atom is -0.453 e. The Morgan fingerprint density at radius 1 is 0.295 bits per heavy atom. The van der Waals surface area contributed by atoms with Gasteiger partial charge in [-0.3, -0.25) is 33.6 Å². The van der Waals surface area contributed by atoms with Crippen LogP contribution in [-0.4, -0.2) is 138 Å². The third-order valence-electron chi connectivity index (χ3n) is 12.0. The van der Waals surface area contributed by atoms with Crippen LogP contribution in [-0.2, 0) is 86.0 Å². The Morgan fingerprint density at radius 3 is 0.731 bits per heavy atom. The Bertz CT molecular complexity index is 2090. The van der Waals surface area contributed by atoms with Crippen molar-refractivity contribution < 1.29 is 86.0 Å². The molecular formula is C54H92N6O18. The van der Waals surface area contributed by atoms with Gasteiger partial charge in [-0.25, -0.2) is 24.0 Å². The van der Waals surface area contributed by atoms with E-state index in [0.29, 0.717) is 0 Å². The lowest BCUT2D eigenvalue weighted by atomic mass is 10.0. The van der Waals surface area contributed by atoms with Crippen molar-refractivity contribution in [1.29, 1.82) is 0 Å². The number of hydrogen-bond donors (Lipinski definition) is 6. The Kier molecular flexibility index (Phi) is 30.5. The van der Waals surface area contributed by atoms with Crippen molar-refractivity contribution in [2.75, 3.05) is 0 Å². The van der Waals surface area contributed by atoms with Gasteiger partial charge < -0.3 is 60.7 Å². The van der Waals surface area contributed by atoms with Crippen molar-refractivity contribution in [3.63, 3.8) is 0 Å². The van der Waals surface area contributed by atoms with Crippen LogP contribution < -0.4 is 32.3 Å². The lowest BCUT2D eigenvalue weighted by molar-refractivity contribution is -0.166. The van der Waals surface area contributed by atoms with E-state index >= 15 is 0 Å². The van der Waals surface area contributed by atoms with E-state index in [0.717, 1.165) is 0 Å². The zero-order valence-electron chi connectivity index (χ0n) is 49.7. The molecule has 11 atom stereocenters. The fraction of sp³-hybridized carbons (Fsp3) is 0.778. The molecule has 24 nitrogen and oxygen atoms in total. The molecule has 0 radical (unpaired) electrons. The summed E-state index contributed by atoms with van der Waals surface area (Å²) in [6.07, 6.45) is -8.43. The molecule has 0 aliphatic heterocycles. The van der Waals surface area contributed by atoms with E-state index in [9.17, 15) is 57.5 Å². The van der Waals surface area contributed by atoms with Crippen molar-refractivity contribution in [2.45, 2.75) is 219 Å². The van der Waals surface area contributed by atoms with Gasteiger partial charge in [-0.05, 0) is 74.0 Å². The molecule has 0 aromatic heterocycles. The van der Waals surface area contributed by atoms with Crippen molar-refractivity contribution in [1.82, 2.24) is 26.6 Å². The summed E-state index contributed by atoms with van der Waals surface area (Å²) in [6, 6.07) is -6.65. The van der Waals surface area contributed by atoms with Crippen LogP contribution in [0.5, 0.6) is 0 Å². The summed E-state index contributed by atoms with van der Waals surface area (Å²) >= 11 is 0. The Morgan fingerprint density at radius 2 is 0.513 bits per heavy atom.